The Hall–Kier alpha value is -3.26. The molecule has 0 unspecified atom stereocenters. The van der Waals surface area contributed by atoms with Gasteiger partial charge in [-0.3, -0.25) is 9.36 Å². The number of ether oxygens (including phenoxy) is 2. The molecule has 0 radical (unpaired) electrons. The molecule has 0 aliphatic rings. The summed E-state index contributed by atoms with van der Waals surface area (Å²) in [5.41, 5.74) is 3.83. The Balaban J connectivity index is 1.77. The van der Waals surface area contributed by atoms with Crippen molar-refractivity contribution in [3.63, 3.8) is 0 Å². The lowest BCUT2D eigenvalue weighted by Crippen LogP contribution is -2.15. The minimum atomic E-state index is -0.101. The number of anilines is 1. The molecule has 0 fully saturated rings. The quantitative estimate of drug-likeness (QED) is 0.392. The van der Waals surface area contributed by atoms with Crippen molar-refractivity contribution in [2.75, 3.05) is 25.3 Å². The summed E-state index contributed by atoms with van der Waals surface area (Å²) in [6.45, 7) is 8.35. The number of aryl methyl sites for hydroxylation is 2. The third-order valence-corrected chi connectivity index (χ3v) is 5.47. The van der Waals surface area contributed by atoms with Gasteiger partial charge in [0.05, 0.1) is 20.0 Å². The summed E-state index contributed by atoms with van der Waals surface area (Å²) in [5, 5.41) is 12.2. The highest BCUT2D eigenvalue weighted by Crippen LogP contribution is 2.33. The highest BCUT2D eigenvalue weighted by molar-refractivity contribution is 7.99. The minimum Gasteiger partial charge on any atom is -0.493 e. The second-order valence-electron chi connectivity index (χ2n) is 6.99. The van der Waals surface area contributed by atoms with Gasteiger partial charge in [-0.1, -0.05) is 23.9 Å². The predicted octanol–water partition coefficient (Wildman–Crippen LogP) is 4.50. The SMILES string of the molecule is C=CCn1c(SCC(=O)Nc2cc(C)cc(C)c2)nnc1-c1ccc(OC)c(OC)c1. The van der Waals surface area contributed by atoms with Gasteiger partial charge in [0, 0.05) is 17.8 Å². The monoisotopic (exact) mass is 438 g/mol. The first-order valence-electron chi connectivity index (χ1n) is 9.72. The van der Waals surface area contributed by atoms with Gasteiger partial charge in [-0.15, -0.1) is 16.8 Å². The van der Waals surface area contributed by atoms with Crippen LogP contribution in [-0.2, 0) is 11.3 Å². The molecule has 0 aliphatic heterocycles. The van der Waals surface area contributed by atoms with Crippen molar-refractivity contribution >= 4 is 23.4 Å². The van der Waals surface area contributed by atoms with Crippen LogP contribution in [0.1, 0.15) is 11.1 Å². The van der Waals surface area contributed by atoms with Crippen LogP contribution in [-0.4, -0.2) is 40.6 Å². The normalized spacial score (nSPS) is 10.6. The first-order valence-corrected chi connectivity index (χ1v) is 10.7. The summed E-state index contributed by atoms with van der Waals surface area (Å²) in [7, 11) is 3.18. The third kappa shape index (κ3) is 5.46. The number of hydrogen-bond donors (Lipinski definition) is 1. The molecule has 7 nitrogen and oxygen atoms in total. The topological polar surface area (TPSA) is 78.3 Å². The van der Waals surface area contributed by atoms with E-state index in [9.17, 15) is 4.79 Å². The Morgan fingerprint density at radius 3 is 2.45 bits per heavy atom. The van der Waals surface area contributed by atoms with Gasteiger partial charge >= 0.3 is 0 Å². The zero-order chi connectivity index (χ0) is 22.4. The van der Waals surface area contributed by atoms with Crippen LogP contribution in [0.2, 0.25) is 0 Å². The minimum absolute atomic E-state index is 0.101. The van der Waals surface area contributed by atoms with Crippen molar-refractivity contribution < 1.29 is 14.3 Å². The molecule has 1 N–H and O–H groups in total. The van der Waals surface area contributed by atoms with Crippen LogP contribution in [0.4, 0.5) is 5.69 Å². The Morgan fingerprint density at radius 1 is 1.10 bits per heavy atom. The number of benzene rings is 2. The molecule has 162 valence electrons. The molecular formula is C23H26N4O3S. The van der Waals surface area contributed by atoms with Crippen molar-refractivity contribution in [1.29, 1.82) is 0 Å². The zero-order valence-electron chi connectivity index (χ0n) is 18.1. The van der Waals surface area contributed by atoms with E-state index in [1.807, 2.05) is 48.7 Å². The number of methoxy groups -OCH3 is 2. The van der Waals surface area contributed by atoms with Gasteiger partial charge in [0.25, 0.3) is 0 Å². The second kappa shape index (κ2) is 10.2. The highest BCUT2D eigenvalue weighted by Gasteiger charge is 2.17. The fourth-order valence-corrected chi connectivity index (χ4v) is 4.00. The molecule has 1 heterocycles. The number of allylic oxidation sites excluding steroid dienone is 1. The Kier molecular flexibility index (Phi) is 7.36. The van der Waals surface area contributed by atoms with Crippen molar-refractivity contribution in [3.8, 4) is 22.9 Å². The lowest BCUT2D eigenvalue weighted by Gasteiger charge is -2.11. The van der Waals surface area contributed by atoms with Crippen LogP contribution in [0.15, 0.2) is 54.2 Å². The fraction of sp³-hybridized carbons (Fsp3) is 0.261. The van der Waals surface area contributed by atoms with E-state index in [4.69, 9.17) is 9.47 Å². The fourth-order valence-electron chi connectivity index (χ4n) is 3.25. The van der Waals surface area contributed by atoms with Gasteiger partial charge in [-0.25, -0.2) is 0 Å². The van der Waals surface area contributed by atoms with Gasteiger partial charge in [-0.05, 0) is 55.3 Å². The highest BCUT2D eigenvalue weighted by atomic mass is 32.2. The smallest absolute Gasteiger partial charge is 0.234 e. The van der Waals surface area contributed by atoms with Gasteiger partial charge in [0.1, 0.15) is 0 Å². The van der Waals surface area contributed by atoms with E-state index in [-0.39, 0.29) is 11.7 Å². The number of nitrogens with one attached hydrogen (secondary N) is 1. The molecule has 0 bridgehead atoms. The molecular weight excluding hydrogens is 412 g/mol. The molecule has 8 heteroatoms. The molecule has 3 rings (SSSR count). The maximum atomic E-state index is 12.5. The Morgan fingerprint density at radius 2 is 1.81 bits per heavy atom. The second-order valence-corrected chi connectivity index (χ2v) is 7.93. The number of thioether (sulfide) groups is 1. The lowest BCUT2D eigenvalue weighted by atomic mass is 10.1. The molecule has 2 aromatic carbocycles. The molecule has 0 aliphatic carbocycles. The average Bonchev–Trinajstić information content (AvgIpc) is 3.13. The summed E-state index contributed by atoms with van der Waals surface area (Å²) in [6, 6.07) is 11.5. The van der Waals surface area contributed by atoms with Crippen molar-refractivity contribution in [3.05, 3.63) is 60.2 Å². The number of amides is 1. The molecule has 3 aromatic rings. The van der Waals surface area contributed by atoms with Crippen molar-refractivity contribution in [2.45, 2.75) is 25.5 Å². The van der Waals surface area contributed by atoms with E-state index in [0.29, 0.717) is 29.0 Å². The number of rotatable bonds is 9. The molecule has 1 aromatic heterocycles. The largest absolute Gasteiger partial charge is 0.493 e. The standard InChI is InChI=1S/C23H26N4O3S/c1-6-9-27-22(17-7-8-19(29-4)20(13-17)30-5)25-26-23(27)31-14-21(28)24-18-11-15(2)10-16(3)12-18/h6-8,10-13H,1,9,14H2,2-5H3,(H,24,28). The van der Waals surface area contributed by atoms with Crippen LogP contribution in [0.3, 0.4) is 0 Å². The number of carbonyl (C=O) groups is 1. The van der Waals surface area contributed by atoms with Crippen LogP contribution < -0.4 is 14.8 Å². The Bertz CT molecular complexity index is 1070. The molecule has 0 saturated heterocycles. The summed E-state index contributed by atoms with van der Waals surface area (Å²) in [4.78, 5) is 12.5. The van der Waals surface area contributed by atoms with Crippen molar-refractivity contribution in [1.82, 2.24) is 14.8 Å². The summed E-state index contributed by atoms with van der Waals surface area (Å²) in [5.74, 6) is 2.02. The number of nitrogens with zero attached hydrogens (tertiary/aromatic N) is 3. The third-order valence-electron chi connectivity index (χ3n) is 4.51. The van der Waals surface area contributed by atoms with Crippen LogP contribution in [0, 0.1) is 13.8 Å². The molecule has 1 amide bonds. The van der Waals surface area contributed by atoms with Gasteiger partial charge in [-0.2, -0.15) is 0 Å². The maximum Gasteiger partial charge on any atom is 0.234 e. The van der Waals surface area contributed by atoms with Gasteiger partial charge in [0.2, 0.25) is 5.91 Å². The summed E-state index contributed by atoms with van der Waals surface area (Å²) >= 11 is 1.33. The van der Waals surface area contributed by atoms with Crippen LogP contribution in [0.25, 0.3) is 11.4 Å². The summed E-state index contributed by atoms with van der Waals surface area (Å²) in [6.07, 6.45) is 1.77. The lowest BCUT2D eigenvalue weighted by molar-refractivity contribution is -0.113. The van der Waals surface area contributed by atoms with Crippen LogP contribution >= 0.6 is 11.8 Å². The summed E-state index contributed by atoms with van der Waals surface area (Å²) < 4.78 is 12.6. The first-order chi connectivity index (χ1) is 14.9. The number of hydrogen-bond acceptors (Lipinski definition) is 6. The van der Waals surface area contributed by atoms with E-state index >= 15 is 0 Å². The van der Waals surface area contributed by atoms with Crippen LogP contribution in [0.5, 0.6) is 11.5 Å². The first kappa shape index (κ1) is 22.4. The number of carbonyl (C=O) groups excluding carboxylic acids is 1. The molecule has 31 heavy (non-hydrogen) atoms. The van der Waals surface area contributed by atoms with E-state index in [0.717, 1.165) is 22.4 Å². The Labute approximate surface area is 186 Å². The number of aromatic nitrogens is 3. The zero-order valence-corrected chi connectivity index (χ0v) is 19.0. The van der Waals surface area contributed by atoms with E-state index in [2.05, 4.69) is 28.2 Å². The predicted molar refractivity (Wildman–Crippen MR) is 124 cm³/mol. The van der Waals surface area contributed by atoms with Gasteiger partial charge < -0.3 is 14.8 Å². The average molecular weight is 439 g/mol. The molecule has 0 atom stereocenters. The van der Waals surface area contributed by atoms with E-state index in [1.165, 1.54) is 11.8 Å². The van der Waals surface area contributed by atoms with E-state index in [1.54, 1.807) is 20.3 Å². The van der Waals surface area contributed by atoms with Gasteiger partial charge in [0.15, 0.2) is 22.5 Å². The van der Waals surface area contributed by atoms with Crippen molar-refractivity contribution in [2.24, 2.45) is 0 Å². The van der Waals surface area contributed by atoms with E-state index < -0.39 is 0 Å². The molecule has 0 spiro atoms. The maximum absolute atomic E-state index is 12.5. The molecule has 0 saturated carbocycles.